The van der Waals surface area contributed by atoms with E-state index in [1.54, 1.807) is 6.92 Å². The molecule has 0 bridgehead atoms. The lowest BCUT2D eigenvalue weighted by Gasteiger charge is -2.42. The lowest BCUT2D eigenvalue weighted by molar-refractivity contribution is -0.116. The van der Waals surface area contributed by atoms with E-state index in [0.29, 0.717) is 11.3 Å². The number of fused-ring (bicyclic) bond motifs is 1. The monoisotopic (exact) mass is 376 g/mol. The van der Waals surface area contributed by atoms with E-state index in [4.69, 9.17) is 0 Å². The Kier molecular flexibility index (Phi) is 5.54. The summed E-state index contributed by atoms with van der Waals surface area (Å²) in [5.74, 6) is 0.621. The summed E-state index contributed by atoms with van der Waals surface area (Å²) in [5.41, 5.74) is 4.33. The Balaban J connectivity index is 1.37. The maximum Gasteiger partial charge on any atom is 0.223 e. The van der Waals surface area contributed by atoms with Crippen molar-refractivity contribution in [2.75, 3.05) is 31.1 Å². The Morgan fingerprint density at radius 2 is 1.71 bits per heavy atom. The average Bonchev–Trinajstić information content (AvgIpc) is 3.12. The third kappa shape index (κ3) is 3.60. The van der Waals surface area contributed by atoms with E-state index in [9.17, 15) is 4.79 Å². The molecule has 1 saturated heterocycles. The van der Waals surface area contributed by atoms with Gasteiger partial charge < -0.3 is 9.80 Å². The van der Waals surface area contributed by atoms with Gasteiger partial charge in [0.05, 0.1) is 0 Å². The quantitative estimate of drug-likeness (QED) is 0.735. The Labute approximate surface area is 169 Å². The van der Waals surface area contributed by atoms with Crippen molar-refractivity contribution in [3.05, 3.63) is 65.7 Å². The predicted molar refractivity (Wildman–Crippen MR) is 116 cm³/mol. The number of amides is 1. The molecule has 0 aromatic heterocycles. The molecule has 1 atom stereocenters. The standard InChI is InChI=1S/C25H32N2O/c1-3-25(22-9-5-4-6-10-22)14-17-26(18-15-25)16-13-21-19-27(20(2)28)24-12-8-7-11-23(21)24/h4-12,21H,3,13-19H2,1-2H3. The van der Waals surface area contributed by atoms with Crippen LogP contribution in [0.15, 0.2) is 54.6 Å². The minimum atomic E-state index is 0.156. The number of likely N-dealkylation sites (tertiary alicyclic amines) is 1. The molecule has 0 spiro atoms. The Bertz CT molecular complexity index is 808. The molecule has 4 rings (SSSR count). The molecule has 2 aliphatic heterocycles. The van der Waals surface area contributed by atoms with Crippen LogP contribution in [-0.2, 0) is 10.2 Å². The normalized spacial score (nSPS) is 21.5. The molecule has 0 radical (unpaired) electrons. The molecule has 2 aliphatic rings. The molecule has 1 amide bonds. The van der Waals surface area contributed by atoms with Gasteiger partial charge in [-0.25, -0.2) is 0 Å². The molecule has 0 aliphatic carbocycles. The van der Waals surface area contributed by atoms with Gasteiger partial charge in [-0.2, -0.15) is 0 Å². The highest BCUT2D eigenvalue weighted by Gasteiger charge is 2.35. The Morgan fingerprint density at radius 1 is 1.04 bits per heavy atom. The first-order chi connectivity index (χ1) is 13.6. The molecule has 148 valence electrons. The number of benzene rings is 2. The molecular weight excluding hydrogens is 344 g/mol. The van der Waals surface area contributed by atoms with Crippen LogP contribution in [0.3, 0.4) is 0 Å². The number of carbonyl (C=O) groups is 1. The zero-order valence-corrected chi connectivity index (χ0v) is 17.2. The van der Waals surface area contributed by atoms with Gasteiger partial charge in [0.15, 0.2) is 0 Å². The predicted octanol–water partition coefficient (Wildman–Crippen LogP) is 4.97. The maximum absolute atomic E-state index is 12.0. The summed E-state index contributed by atoms with van der Waals surface area (Å²) in [5, 5.41) is 0. The van der Waals surface area contributed by atoms with E-state index in [-0.39, 0.29) is 5.91 Å². The fourth-order valence-corrected chi connectivity index (χ4v) is 5.22. The van der Waals surface area contributed by atoms with E-state index in [2.05, 4.69) is 60.4 Å². The number of piperidine rings is 1. The van der Waals surface area contributed by atoms with Crippen LogP contribution >= 0.6 is 0 Å². The van der Waals surface area contributed by atoms with Crippen LogP contribution < -0.4 is 4.90 Å². The largest absolute Gasteiger partial charge is 0.312 e. The second-order valence-corrected chi connectivity index (χ2v) is 8.52. The summed E-state index contributed by atoms with van der Waals surface area (Å²) < 4.78 is 0. The van der Waals surface area contributed by atoms with E-state index in [1.807, 2.05) is 11.0 Å². The van der Waals surface area contributed by atoms with Crippen molar-refractivity contribution in [1.29, 1.82) is 0 Å². The van der Waals surface area contributed by atoms with E-state index in [1.165, 1.54) is 43.5 Å². The zero-order chi connectivity index (χ0) is 19.6. The summed E-state index contributed by atoms with van der Waals surface area (Å²) >= 11 is 0. The molecular formula is C25H32N2O. The number of carbonyl (C=O) groups excluding carboxylic acids is 1. The zero-order valence-electron chi connectivity index (χ0n) is 17.2. The van der Waals surface area contributed by atoms with Gasteiger partial charge in [-0.3, -0.25) is 4.79 Å². The van der Waals surface area contributed by atoms with Crippen molar-refractivity contribution in [2.24, 2.45) is 0 Å². The van der Waals surface area contributed by atoms with Gasteiger partial charge in [0.25, 0.3) is 0 Å². The number of hydrogen-bond donors (Lipinski definition) is 0. The second kappa shape index (κ2) is 8.08. The van der Waals surface area contributed by atoms with E-state index < -0.39 is 0 Å². The van der Waals surface area contributed by atoms with Gasteiger partial charge in [-0.05, 0) is 67.9 Å². The minimum absolute atomic E-state index is 0.156. The fourth-order valence-electron chi connectivity index (χ4n) is 5.22. The highest BCUT2D eigenvalue weighted by molar-refractivity contribution is 5.94. The van der Waals surface area contributed by atoms with Crippen LogP contribution in [0.1, 0.15) is 56.6 Å². The smallest absolute Gasteiger partial charge is 0.223 e. The van der Waals surface area contributed by atoms with E-state index in [0.717, 1.165) is 25.2 Å². The van der Waals surface area contributed by atoms with Gasteiger partial charge in [-0.1, -0.05) is 55.5 Å². The Morgan fingerprint density at radius 3 is 2.39 bits per heavy atom. The van der Waals surface area contributed by atoms with Crippen molar-refractivity contribution in [1.82, 2.24) is 4.90 Å². The molecule has 1 unspecified atom stereocenters. The van der Waals surface area contributed by atoms with Crippen molar-refractivity contribution < 1.29 is 4.79 Å². The van der Waals surface area contributed by atoms with Gasteiger partial charge in [-0.15, -0.1) is 0 Å². The van der Waals surface area contributed by atoms with E-state index >= 15 is 0 Å². The van der Waals surface area contributed by atoms with Crippen LogP contribution in [0.5, 0.6) is 0 Å². The Hall–Kier alpha value is -2.13. The van der Waals surface area contributed by atoms with Crippen LogP contribution in [0.25, 0.3) is 0 Å². The second-order valence-electron chi connectivity index (χ2n) is 8.52. The van der Waals surface area contributed by atoms with Gasteiger partial charge in [0.2, 0.25) is 5.91 Å². The molecule has 0 N–H and O–H groups in total. The molecule has 3 nitrogen and oxygen atoms in total. The van der Waals surface area contributed by atoms with Crippen LogP contribution in [0, 0.1) is 0 Å². The van der Waals surface area contributed by atoms with Gasteiger partial charge in [0, 0.05) is 25.1 Å². The average molecular weight is 377 g/mol. The van der Waals surface area contributed by atoms with Crippen molar-refractivity contribution in [3.8, 4) is 0 Å². The third-order valence-electron chi connectivity index (χ3n) is 7.12. The number of nitrogens with zero attached hydrogens (tertiary/aromatic N) is 2. The number of hydrogen-bond acceptors (Lipinski definition) is 2. The molecule has 2 aromatic rings. The number of para-hydroxylation sites is 1. The first-order valence-electron chi connectivity index (χ1n) is 10.8. The highest BCUT2D eigenvalue weighted by atomic mass is 16.2. The van der Waals surface area contributed by atoms with Crippen molar-refractivity contribution >= 4 is 11.6 Å². The lowest BCUT2D eigenvalue weighted by Crippen LogP contribution is -2.43. The molecule has 28 heavy (non-hydrogen) atoms. The highest BCUT2D eigenvalue weighted by Crippen LogP contribution is 2.40. The first kappa shape index (κ1) is 19.2. The van der Waals surface area contributed by atoms with Crippen molar-refractivity contribution in [2.45, 2.75) is 50.9 Å². The van der Waals surface area contributed by atoms with Crippen LogP contribution in [0.4, 0.5) is 5.69 Å². The van der Waals surface area contributed by atoms with Gasteiger partial charge >= 0.3 is 0 Å². The number of rotatable bonds is 5. The van der Waals surface area contributed by atoms with Crippen LogP contribution in [-0.4, -0.2) is 37.0 Å². The summed E-state index contributed by atoms with van der Waals surface area (Å²) in [7, 11) is 0. The molecule has 0 saturated carbocycles. The topological polar surface area (TPSA) is 23.6 Å². The third-order valence-corrected chi connectivity index (χ3v) is 7.12. The molecule has 3 heteroatoms. The van der Waals surface area contributed by atoms with Crippen molar-refractivity contribution in [3.63, 3.8) is 0 Å². The van der Waals surface area contributed by atoms with Crippen LogP contribution in [0.2, 0.25) is 0 Å². The van der Waals surface area contributed by atoms with Gasteiger partial charge in [0.1, 0.15) is 0 Å². The SMILES string of the molecule is CCC1(c2ccccc2)CCN(CCC2CN(C(C)=O)c3ccccc32)CC1. The maximum atomic E-state index is 12.0. The summed E-state index contributed by atoms with van der Waals surface area (Å²) in [6.45, 7) is 8.33. The molecule has 2 aromatic carbocycles. The summed E-state index contributed by atoms with van der Waals surface area (Å²) in [4.78, 5) is 16.6. The minimum Gasteiger partial charge on any atom is -0.312 e. The molecule has 1 fully saturated rings. The first-order valence-corrected chi connectivity index (χ1v) is 10.8. The molecule has 2 heterocycles. The fraction of sp³-hybridized carbons (Fsp3) is 0.480. The summed E-state index contributed by atoms with van der Waals surface area (Å²) in [6, 6.07) is 19.5. The lowest BCUT2D eigenvalue weighted by atomic mass is 9.71. The number of anilines is 1. The summed E-state index contributed by atoms with van der Waals surface area (Å²) in [6.07, 6.45) is 4.84.